The van der Waals surface area contributed by atoms with Crippen LogP contribution in [0.1, 0.15) is 23.6 Å². The second kappa shape index (κ2) is 13.0. The quantitative estimate of drug-likeness (QED) is 0.196. The molecule has 0 atom stereocenters. The van der Waals surface area contributed by atoms with Gasteiger partial charge in [-0.3, -0.25) is 4.90 Å². The van der Waals surface area contributed by atoms with Crippen LogP contribution in [0, 0.1) is 0 Å². The molecule has 0 aliphatic carbocycles. The second-order valence-electron chi connectivity index (χ2n) is 8.87. The number of ether oxygens (including phenoxy) is 3. The van der Waals surface area contributed by atoms with Crippen LogP contribution in [0.2, 0.25) is 0 Å². The summed E-state index contributed by atoms with van der Waals surface area (Å²) >= 11 is 0. The van der Waals surface area contributed by atoms with Gasteiger partial charge in [0.05, 0.1) is 13.2 Å². The van der Waals surface area contributed by atoms with E-state index in [4.69, 9.17) is 4.74 Å². The molecule has 0 radical (unpaired) electrons. The molecule has 210 valence electrons. The number of hydrogen-bond acceptors (Lipinski definition) is 5. The van der Waals surface area contributed by atoms with Gasteiger partial charge < -0.3 is 19.1 Å². The van der Waals surface area contributed by atoms with Gasteiger partial charge in [0.15, 0.2) is 0 Å². The predicted octanol–water partition coefficient (Wildman–Crippen LogP) is 6.00. The van der Waals surface area contributed by atoms with Crippen LogP contribution >= 0.6 is 0 Å². The first kappa shape index (κ1) is 29.9. The molecule has 0 amide bonds. The summed E-state index contributed by atoms with van der Waals surface area (Å²) in [7, 11) is 0.959. The van der Waals surface area contributed by atoms with Gasteiger partial charge in [0, 0.05) is 51.1 Å². The van der Waals surface area contributed by atoms with Crippen molar-refractivity contribution in [2.75, 3.05) is 58.1 Å². The molecule has 0 aromatic heterocycles. The van der Waals surface area contributed by atoms with E-state index in [9.17, 15) is 26.3 Å². The lowest BCUT2D eigenvalue weighted by Crippen LogP contribution is -2.56. The molecule has 0 saturated carbocycles. The zero-order chi connectivity index (χ0) is 27.8. The Morgan fingerprint density at radius 3 is 2.13 bits per heavy atom. The third-order valence-electron chi connectivity index (χ3n) is 6.35. The Bertz CT molecular complexity index is 1020. The monoisotopic (exact) mass is 546 g/mol. The van der Waals surface area contributed by atoms with Gasteiger partial charge in [-0.1, -0.05) is 48.6 Å². The van der Waals surface area contributed by atoms with E-state index in [1.54, 1.807) is 13.0 Å². The smallest absolute Gasteiger partial charge is 0.375 e. The standard InChI is InChI=1S/C27H32F6N2O3/c1-3-7-22-18-23(25(26(28,29)30,27(31,32)33)38-20-36-2)10-11-24(22)35-14-12-34(13-15-35)16-17-37-19-21-8-5-4-6-9-21/h3-11,18H,12-17,19-20H2,1-2H3/b7-3-. The van der Waals surface area contributed by atoms with Crippen LogP contribution in [0.5, 0.6) is 0 Å². The molecule has 2 aromatic carbocycles. The SMILES string of the molecule is C/C=C\c1cc(C(OCOC)(C(F)(F)F)C(F)(F)F)ccc1N1CCN(CCOCc2ccccc2)CC1. The summed E-state index contributed by atoms with van der Waals surface area (Å²) in [5.74, 6) is 0. The van der Waals surface area contributed by atoms with E-state index in [0.29, 0.717) is 45.1 Å². The van der Waals surface area contributed by atoms with Gasteiger partial charge in [-0.05, 0) is 30.2 Å². The first-order valence-electron chi connectivity index (χ1n) is 12.2. The Morgan fingerprint density at radius 1 is 0.895 bits per heavy atom. The first-order chi connectivity index (χ1) is 18.0. The summed E-state index contributed by atoms with van der Waals surface area (Å²) < 4.78 is 98.4. The van der Waals surface area contributed by atoms with Gasteiger partial charge in [-0.15, -0.1) is 0 Å². The Balaban J connectivity index is 1.73. The molecule has 1 saturated heterocycles. The Morgan fingerprint density at radius 2 is 1.55 bits per heavy atom. The summed E-state index contributed by atoms with van der Waals surface area (Å²) in [6.07, 6.45) is -8.47. The van der Waals surface area contributed by atoms with Crippen LogP contribution in [0.15, 0.2) is 54.6 Å². The highest BCUT2D eigenvalue weighted by Crippen LogP contribution is 2.53. The van der Waals surface area contributed by atoms with Crippen LogP contribution in [-0.4, -0.2) is 70.5 Å². The van der Waals surface area contributed by atoms with Crippen molar-refractivity contribution < 1.29 is 40.6 Å². The molecule has 1 heterocycles. The van der Waals surface area contributed by atoms with Crippen molar-refractivity contribution in [3.8, 4) is 0 Å². The van der Waals surface area contributed by atoms with Crippen molar-refractivity contribution in [2.45, 2.75) is 31.5 Å². The van der Waals surface area contributed by atoms with Gasteiger partial charge in [0.1, 0.15) is 6.79 Å². The molecule has 2 aromatic rings. The molecular weight excluding hydrogens is 514 g/mol. The van der Waals surface area contributed by atoms with E-state index < -0.39 is 30.3 Å². The number of hydrogen-bond donors (Lipinski definition) is 0. The molecule has 0 spiro atoms. The molecule has 0 unspecified atom stereocenters. The number of methoxy groups -OCH3 is 1. The van der Waals surface area contributed by atoms with E-state index >= 15 is 0 Å². The average Bonchev–Trinajstić information content (AvgIpc) is 2.87. The summed E-state index contributed by atoms with van der Waals surface area (Å²) in [6, 6.07) is 12.9. The Kier molecular flexibility index (Phi) is 10.2. The van der Waals surface area contributed by atoms with Crippen molar-refractivity contribution in [1.82, 2.24) is 4.90 Å². The second-order valence-corrected chi connectivity index (χ2v) is 8.87. The fourth-order valence-electron chi connectivity index (χ4n) is 4.43. The van der Waals surface area contributed by atoms with Gasteiger partial charge in [-0.25, -0.2) is 0 Å². The molecule has 1 fully saturated rings. The number of halogens is 6. The van der Waals surface area contributed by atoms with Gasteiger partial charge in [0.2, 0.25) is 0 Å². The molecule has 38 heavy (non-hydrogen) atoms. The van der Waals surface area contributed by atoms with Gasteiger partial charge in [-0.2, -0.15) is 26.3 Å². The maximum atomic E-state index is 14.0. The topological polar surface area (TPSA) is 34.2 Å². The number of rotatable bonds is 11. The molecule has 0 bridgehead atoms. The molecule has 11 heteroatoms. The van der Waals surface area contributed by atoms with Crippen molar-refractivity contribution in [3.63, 3.8) is 0 Å². The van der Waals surface area contributed by atoms with Crippen LogP contribution in [-0.2, 0) is 26.4 Å². The lowest BCUT2D eigenvalue weighted by Gasteiger charge is -2.39. The molecule has 3 rings (SSSR count). The zero-order valence-electron chi connectivity index (χ0n) is 21.3. The molecule has 1 aliphatic rings. The molecule has 5 nitrogen and oxygen atoms in total. The van der Waals surface area contributed by atoms with Gasteiger partial charge >= 0.3 is 12.4 Å². The van der Waals surface area contributed by atoms with Crippen molar-refractivity contribution in [3.05, 3.63) is 71.3 Å². The van der Waals surface area contributed by atoms with Gasteiger partial charge in [0.25, 0.3) is 5.60 Å². The lowest BCUT2D eigenvalue weighted by atomic mass is 9.89. The molecular formula is C27H32F6N2O3. The number of alkyl halides is 6. The van der Waals surface area contributed by atoms with Crippen LogP contribution in [0.3, 0.4) is 0 Å². The number of anilines is 1. The number of allylic oxidation sites excluding steroid dienone is 1. The van der Waals surface area contributed by atoms with Crippen LogP contribution in [0.4, 0.5) is 32.0 Å². The van der Waals surface area contributed by atoms with E-state index in [1.807, 2.05) is 35.2 Å². The normalized spacial score (nSPS) is 15.9. The maximum Gasteiger partial charge on any atom is 0.430 e. The summed E-state index contributed by atoms with van der Waals surface area (Å²) in [5.41, 5.74) is -3.70. The fourth-order valence-corrected chi connectivity index (χ4v) is 4.43. The van der Waals surface area contributed by atoms with Crippen molar-refractivity contribution in [1.29, 1.82) is 0 Å². The minimum Gasteiger partial charge on any atom is -0.375 e. The van der Waals surface area contributed by atoms with Crippen LogP contribution in [0.25, 0.3) is 6.08 Å². The van der Waals surface area contributed by atoms with E-state index in [-0.39, 0.29) is 5.56 Å². The first-order valence-corrected chi connectivity index (χ1v) is 12.2. The summed E-state index contributed by atoms with van der Waals surface area (Å²) in [5, 5.41) is 0. The Hall–Kier alpha value is -2.60. The maximum absolute atomic E-state index is 14.0. The molecule has 1 aliphatic heterocycles. The number of piperazine rings is 1. The fraction of sp³-hybridized carbons (Fsp3) is 0.481. The minimum absolute atomic E-state index is 0.239. The number of nitrogens with zero attached hydrogens (tertiary/aromatic N) is 2. The minimum atomic E-state index is -5.77. The predicted molar refractivity (Wildman–Crippen MR) is 133 cm³/mol. The van der Waals surface area contributed by atoms with E-state index in [2.05, 4.69) is 14.4 Å². The average molecular weight is 547 g/mol. The third-order valence-corrected chi connectivity index (χ3v) is 6.35. The van der Waals surface area contributed by atoms with E-state index in [0.717, 1.165) is 31.4 Å². The third kappa shape index (κ3) is 6.88. The summed E-state index contributed by atoms with van der Waals surface area (Å²) in [4.78, 5) is 4.17. The lowest BCUT2D eigenvalue weighted by molar-refractivity contribution is -0.400. The van der Waals surface area contributed by atoms with E-state index in [1.165, 1.54) is 12.1 Å². The van der Waals surface area contributed by atoms with Crippen LogP contribution < -0.4 is 4.90 Å². The van der Waals surface area contributed by atoms with Crippen molar-refractivity contribution >= 4 is 11.8 Å². The molecule has 0 N–H and O–H groups in total. The highest BCUT2D eigenvalue weighted by molar-refractivity contribution is 5.69. The van der Waals surface area contributed by atoms with Crippen molar-refractivity contribution in [2.24, 2.45) is 0 Å². The highest BCUT2D eigenvalue weighted by atomic mass is 19.4. The Labute approximate surface area is 218 Å². The highest BCUT2D eigenvalue weighted by Gasteiger charge is 2.73. The largest absolute Gasteiger partial charge is 0.430 e. The number of benzene rings is 2. The zero-order valence-corrected chi connectivity index (χ0v) is 21.3. The summed E-state index contributed by atoms with van der Waals surface area (Å²) in [6.45, 7) is 4.73.